The summed E-state index contributed by atoms with van der Waals surface area (Å²) in [5.41, 5.74) is 6.60. The molecule has 0 bridgehead atoms. The Morgan fingerprint density at radius 1 is 1.23 bits per heavy atom. The van der Waals surface area contributed by atoms with E-state index in [4.69, 9.17) is 5.73 Å². The highest BCUT2D eigenvalue weighted by molar-refractivity contribution is 5.92. The van der Waals surface area contributed by atoms with E-state index in [0.29, 0.717) is 19.4 Å². The number of carbonyl (C=O) groups excluding carboxylic acids is 3. The molecule has 0 radical (unpaired) electrons. The molecule has 0 unspecified atom stereocenters. The van der Waals surface area contributed by atoms with E-state index in [2.05, 4.69) is 5.32 Å². The fourth-order valence-corrected chi connectivity index (χ4v) is 3.36. The Labute approximate surface area is 155 Å². The highest BCUT2D eigenvalue weighted by Gasteiger charge is 2.37. The van der Waals surface area contributed by atoms with E-state index >= 15 is 0 Å². The van der Waals surface area contributed by atoms with Crippen LogP contribution in [0.3, 0.4) is 0 Å². The Hall–Kier alpha value is -2.37. The summed E-state index contributed by atoms with van der Waals surface area (Å²) < 4.78 is 0. The predicted octanol–water partition coefficient (Wildman–Crippen LogP) is 1.63. The number of nitrogens with two attached hydrogens (primary N) is 1. The molecule has 3 amide bonds. The van der Waals surface area contributed by atoms with E-state index < -0.39 is 18.0 Å². The van der Waals surface area contributed by atoms with E-state index in [-0.39, 0.29) is 17.7 Å². The molecule has 1 aliphatic heterocycles. The number of benzene rings is 1. The number of hydrogen-bond acceptors (Lipinski definition) is 3. The van der Waals surface area contributed by atoms with Crippen molar-refractivity contribution in [2.24, 2.45) is 11.7 Å². The number of nitrogens with zero attached hydrogens (tertiary/aromatic N) is 1. The molecule has 2 atom stereocenters. The average molecular weight is 359 g/mol. The predicted molar refractivity (Wildman–Crippen MR) is 100 cm³/mol. The number of hydrogen-bond donors (Lipinski definition) is 2. The van der Waals surface area contributed by atoms with Crippen LogP contribution in [-0.2, 0) is 20.8 Å². The second kappa shape index (κ2) is 9.36. The summed E-state index contributed by atoms with van der Waals surface area (Å²) in [6.07, 6.45) is 3.27. The van der Waals surface area contributed by atoms with Crippen molar-refractivity contribution in [2.75, 3.05) is 6.54 Å². The largest absolute Gasteiger partial charge is 0.368 e. The van der Waals surface area contributed by atoms with Crippen molar-refractivity contribution < 1.29 is 14.4 Å². The van der Waals surface area contributed by atoms with Crippen molar-refractivity contribution in [3.05, 3.63) is 35.9 Å². The van der Waals surface area contributed by atoms with Crippen LogP contribution >= 0.6 is 0 Å². The molecule has 0 spiro atoms. The Kier molecular flexibility index (Phi) is 7.18. The molecule has 142 valence electrons. The van der Waals surface area contributed by atoms with Gasteiger partial charge in [-0.05, 0) is 37.2 Å². The molecule has 6 nitrogen and oxygen atoms in total. The first-order chi connectivity index (χ1) is 12.4. The van der Waals surface area contributed by atoms with Gasteiger partial charge in [0.05, 0.1) is 0 Å². The number of carbonyl (C=O) groups is 3. The highest BCUT2D eigenvalue weighted by Crippen LogP contribution is 2.20. The molecule has 0 aromatic heterocycles. The third-order valence-electron chi connectivity index (χ3n) is 4.83. The Morgan fingerprint density at radius 3 is 2.54 bits per heavy atom. The standard InChI is InChI=1S/C20H29N3O3/c1-14(2)18(20(26)23-13-7-11-16(23)19(21)25)22-17(24)12-6-10-15-8-4-3-5-9-15/h3-5,8-9,14,16,18H,6-7,10-13H2,1-2H3,(H2,21,25)(H,22,24)/t16-,18-/m0/s1. The molecule has 1 heterocycles. The third-order valence-corrected chi connectivity index (χ3v) is 4.83. The molecule has 1 fully saturated rings. The molecule has 1 aromatic carbocycles. The second-order valence-corrected chi connectivity index (χ2v) is 7.22. The van der Waals surface area contributed by atoms with Gasteiger partial charge in [-0.3, -0.25) is 14.4 Å². The molecule has 0 saturated carbocycles. The fourth-order valence-electron chi connectivity index (χ4n) is 3.36. The lowest BCUT2D eigenvalue weighted by atomic mass is 10.0. The fraction of sp³-hybridized carbons (Fsp3) is 0.550. The van der Waals surface area contributed by atoms with Gasteiger partial charge in [-0.1, -0.05) is 44.2 Å². The van der Waals surface area contributed by atoms with Crippen molar-refractivity contribution in [3.8, 4) is 0 Å². The maximum absolute atomic E-state index is 12.8. The SMILES string of the molecule is CC(C)[C@H](NC(=O)CCCc1ccccc1)C(=O)N1CCC[C@H]1C(N)=O. The minimum Gasteiger partial charge on any atom is -0.368 e. The van der Waals surface area contributed by atoms with Gasteiger partial charge in [-0.15, -0.1) is 0 Å². The summed E-state index contributed by atoms with van der Waals surface area (Å²) in [7, 11) is 0. The topological polar surface area (TPSA) is 92.5 Å². The van der Waals surface area contributed by atoms with Crippen LogP contribution in [0.1, 0.15) is 45.1 Å². The number of primary amides is 1. The Morgan fingerprint density at radius 2 is 1.92 bits per heavy atom. The first-order valence-corrected chi connectivity index (χ1v) is 9.33. The molecule has 6 heteroatoms. The zero-order valence-electron chi connectivity index (χ0n) is 15.6. The Balaban J connectivity index is 1.89. The van der Waals surface area contributed by atoms with Gasteiger partial charge in [0.25, 0.3) is 0 Å². The minimum atomic E-state index is -0.626. The summed E-state index contributed by atoms with van der Waals surface area (Å²) in [5, 5.41) is 2.86. The number of aryl methyl sites for hydroxylation is 1. The lowest BCUT2D eigenvalue weighted by Gasteiger charge is -2.29. The van der Waals surface area contributed by atoms with E-state index in [1.165, 1.54) is 10.5 Å². The summed E-state index contributed by atoms with van der Waals surface area (Å²) in [4.78, 5) is 38.2. The van der Waals surface area contributed by atoms with Crippen molar-refractivity contribution in [1.82, 2.24) is 10.2 Å². The van der Waals surface area contributed by atoms with E-state index in [0.717, 1.165) is 19.3 Å². The summed E-state index contributed by atoms with van der Waals surface area (Å²) in [6.45, 7) is 4.30. The summed E-state index contributed by atoms with van der Waals surface area (Å²) in [6, 6.07) is 8.82. The van der Waals surface area contributed by atoms with Crippen LogP contribution < -0.4 is 11.1 Å². The smallest absolute Gasteiger partial charge is 0.246 e. The maximum Gasteiger partial charge on any atom is 0.246 e. The minimum absolute atomic E-state index is 0.0605. The first-order valence-electron chi connectivity index (χ1n) is 9.33. The van der Waals surface area contributed by atoms with Crippen LogP contribution in [0.4, 0.5) is 0 Å². The van der Waals surface area contributed by atoms with Gasteiger partial charge in [0.2, 0.25) is 17.7 Å². The van der Waals surface area contributed by atoms with Crippen LogP contribution in [0.25, 0.3) is 0 Å². The van der Waals surface area contributed by atoms with Crippen LogP contribution in [0.2, 0.25) is 0 Å². The van der Waals surface area contributed by atoms with Crippen LogP contribution in [0.15, 0.2) is 30.3 Å². The first kappa shape index (κ1) is 19.9. The molecule has 3 N–H and O–H groups in total. The van der Waals surface area contributed by atoms with Gasteiger partial charge in [0.15, 0.2) is 0 Å². The lowest BCUT2D eigenvalue weighted by Crippen LogP contribution is -2.54. The van der Waals surface area contributed by atoms with E-state index in [1.54, 1.807) is 0 Å². The van der Waals surface area contributed by atoms with Gasteiger partial charge < -0.3 is 16.0 Å². The van der Waals surface area contributed by atoms with Crippen molar-refractivity contribution >= 4 is 17.7 Å². The summed E-state index contributed by atoms with van der Waals surface area (Å²) in [5.74, 6) is -0.886. The number of nitrogens with one attached hydrogen (secondary N) is 1. The number of likely N-dealkylation sites (tertiary alicyclic amines) is 1. The molecule has 0 aliphatic carbocycles. The van der Waals surface area contributed by atoms with Crippen LogP contribution in [0.5, 0.6) is 0 Å². The zero-order valence-corrected chi connectivity index (χ0v) is 15.6. The average Bonchev–Trinajstić information content (AvgIpc) is 3.10. The molecule has 1 aliphatic rings. The monoisotopic (exact) mass is 359 g/mol. The normalized spacial score (nSPS) is 18.0. The number of rotatable bonds is 8. The second-order valence-electron chi connectivity index (χ2n) is 7.22. The van der Waals surface area contributed by atoms with E-state index in [1.807, 2.05) is 44.2 Å². The van der Waals surface area contributed by atoms with Gasteiger partial charge in [0, 0.05) is 13.0 Å². The van der Waals surface area contributed by atoms with Crippen molar-refractivity contribution in [2.45, 2.75) is 58.0 Å². The molecule has 2 rings (SSSR count). The lowest BCUT2D eigenvalue weighted by molar-refractivity contribution is -0.141. The van der Waals surface area contributed by atoms with Gasteiger partial charge >= 0.3 is 0 Å². The Bertz CT molecular complexity index is 630. The zero-order chi connectivity index (χ0) is 19.1. The quantitative estimate of drug-likeness (QED) is 0.739. The molecular weight excluding hydrogens is 330 g/mol. The highest BCUT2D eigenvalue weighted by atomic mass is 16.2. The molecule has 1 saturated heterocycles. The van der Waals surface area contributed by atoms with Crippen LogP contribution in [-0.4, -0.2) is 41.2 Å². The number of amides is 3. The van der Waals surface area contributed by atoms with Crippen molar-refractivity contribution in [1.29, 1.82) is 0 Å². The van der Waals surface area contributed by atoms with Gasteiger partial charge in [-0.2, -0.15) is 0 Å². The van der Waals surface area contributed by atoms with Gasteiger partial charge in [0.1, 0.15) is 12.1 Å². The molecule has 26 heavy (non-hydrogen) atoms. The van der Waals surface area contributed by atoms with Crippen LogP contribution in [0, 0.1) is 5.92 Å². The van der Waals surface area contributed by atoms with Crippen molar-refractivity contribution in [3.63, 3.8) is 0 Å². The summed E-state index contributed by atoms with van der Waals surface area (Å²) >= 11 is 0. The molecular formula is C20H29N3O3. The maximum atomic E-state index is 12.8. The van der Waals surface area contributed by atoms with E-state index in [9.17, 15) is 14.4 Å². The van der Waals surface area contributed by atoms with Gasteiger partial charge in [-0.25, -0.2) is 0 Å². The third kappa shape index (κ3) is 5.31. The molecule has 1 aromatic rings.